The summed E-state index contributed by atoms with van der Waals surface area (Å²) in [5, 5.41) is 2.17. The third-order valence-electron chi connectivity index (χ3n) is 3.44. The Morgan fingerprint density at radius 2 is 2.05 bits per heavy atom. The van der Waals surface area contributed by atoms with Crippen molar-refractivity contribution in [2.24, 2.45) is 0 Å². The van der Waals surface area contributed by atoms with Crippen molar-refractivity contribution in [3.63, 3.8) is 0 Å². The van der Waals surface area contributed by atoms with E-state index in [4.69, 9.17) is 10.5 Å². The lowest BCUT2D eigenvalue weighted by Crippen LogP contribution is -1.98. The van der Waals surface area contributed by atoms with Crippen molar-refractivity contribution in [1.29, 1.82) is 0 Å². The lowest BCUT2D eigenvalue weighted by molar-refractivity contribution is 0.195. The number of methoxy groups -OCH3 is 1. The number of anilines is 1. The molecule has 0 saturated heterocycles. The van der Waals surface area contributed by atoms with Gasteiger partial charge in [0, 0.05) is 30.7 Å². The summed E-state index contributed by atoms with van der Waals surface area (Å²) in [5.41, 5.74) is 8.89. The van der Waals surface area contributed by atoms with E-state index in [1.54, 1.807) is 7.11 Å². The van der Waals surface area contributed by atoms with Crippen molar-refractivity contribution in [1.82, 2.24) is 9.97 Å². The molecule has 1 aromatic carbocycles. The minimum atomic E-state index is 0.488. The number of fused-ring (bicyclic) bond motifs is 3. The molecule has 0 aliphatic heterocycles. The van der Waals surface area contributed by atoms with E-state index in [1.165, 1.54) is 5.56 Å². The number of hydrogen-bond acceptors (Lipinski definition) is 4. The maximum Gasteiger partial charge on any atom is 0.150 e. The smallest absolute Gasteiger partial charge is 0.150 e. The van der Waals surface area contributed by atoms with Crippen LogP contribution in [0.4, 0.5) is 5.82 Å². The fourth-order valence-electron chi connectivity index (χ4n) is 2.46. The largest absolute Gasteiger partial charge is 0.385 e. The summed E-state index contributed by atoms with van der Waals surface area (Å²) in [5.74, 6) is 0.488. The fourth-order valence-corrected chi connectivity index (χ4v) is 2.46. The number of nitrogens with zero attached hydrogens (tertiary/aromatic N) is 2. The van der Waals surface area contributed by atoms with Crippen LogP contribution in [0, 0.1) is 0 Å². The van der Waals surface area contributed by atoms with Crippen LogP contribution in [0.15, 0.2) is 36.5 Å². The van der Waals surface area contributed by atoms with E-state index in [0.717, 1.165) is 41.3 Å². The Bertz CT molecular complexity index is 755. The Labute approximate surface area is 117 Å². The first kappa shape index (κ1) is 12.8. The molecule has 102 valence electrons. The van der Waals surface area contributed by atoms with Gasteiger partial charge in [0.25, 0.3) is 0 Å². The molecule has 4 nitrogen and oxygen atoms in total. The third kappa shape index (κ3) is 2.30. The highest BCUT2D eigenvalue weighted by Gasteiger charge is 2.07. The number of aromatic nitrogens is 2. The van der Waals surface area contributed by atoms with E-state index in [9.17, 15) is 0 Å². The van der Waals surface area contributed by atoms with Crippen LogP contribution in [0.1, 0.15) is 12.0 Å². The van der Waals surface area contributed by atoms with Crippen molar-refractivity contribution < 1.29 is 4.74 Å². The number of pyridine rings is 2. The minimum Gasteiger partial charge on any atom is -0.385 e. The zero-order valence-electron chi connectivity index (χ0n) is 11.5. The molecular formula is C16H17N3O. The number of rotatable bonds is 4. The maximum absolute atomic E-state index is 6.00. The van der Waals surface area contributed by atoms with Gasteiger partial charge in [-0.25, -0.2) is 4.98 Å². The monoisotopic (exact) mass is 267 g/mol. The highest BCUT2D eigenvalue weighted by molar-refractivity contribution is 6.08. The van der Waals surface area contributed by atoms with Gasteiger partial charge in [-0.3, -0.25) is 4.98 Å². The lowest BCUT2D eigenvalue weighted by Gasteiger charge is -2.08. The van der Waals surface area contributed by atoms with Crippen LogP contribution in [0.25, 0.3) is 21.8 Å². The van der Waals surface area contributed by atoms with Gasteiger partial charge in [0.1, 0.15) is 5.52 Å². The molecule has 0 radical (unpaired) electrons. The number of para-hydroxylation sites is 1. The van der Waals surface area contributed by atoms with Crippen LogP contribution in [0.5, 0.6) is 0 Å². The molecule has 0 aliphatic carbocycles. The molecule has 3 aromatic rings. The summed E-state index contributed by atoms with van der Waals surface area (Å²) in [7, 11) is 1.72. The van der Waals surface area contributed by atoms with Gasteiger partial charge >= 0.3 is 0 Å². The second-order valence-corrected chi connectivity index (χ2v) is 4.85. The van der Waals surface area contributed by atoms with Crippen LogP contribution in [0.2, 0.25) is 0 Å². The van der Waals surface area contributed by atoms with Gasteiger partial charge in [-0.05, 0) is 30.5 Å². The van der Waals surface area contributed by atoms with E-state index in [2.05, 4.69) is 22.1 Å². The molecule has 0 bridgehead atoms. The van der Waals surface area contributed by atoms with Gasteiger partial charge in [0.05, 0.1) is 5.52 Å². The number of nitrogen functional groups attached to an aromatic ring is 1. The molecule has 20 heavy (non-hydrogen) atoms. The number of benzene rings is 1. The molecule has 0 aliphatic rings. The first-order chi connectivity index (χ1) is 9.79. The van der Waals surface area contributed by atoms with Gasteiger partial charge in [-0.2, -0.15) is 0 Å². The van der Waals surface area contributed by atoms with Crippen LogP contribution in [-0.2, 0) is 11.2 Å². The highest BCUT2D eigenvalue weighted by Crippen LogP contribution is 2.27. The molecule has 0 fully saturated rings. The van der Waals surface area contributed by atoms with E-state index < -0.39 is 0 Å². The van der Waals surface area contributed by atoms with Crippen molar-refractivity contribution in [3.05, 3.63) is 42.1 Å². The molecule has 3 rings (SSSR count). The summed E-state index contributed by atoms with van der Waals surface area (Å²) >= 11 is 0. The van der Waals surface area contributed by atoms with Crippen molar-refractivity contribution in [3.8, 4) is 0 Å². The molecule has 2 aromatic heterocycles. The molecule has 0 saturated carbocycles. The van der Waals surface area contributed by atoms with Crippen molar-refractivity contribution in [2.75, 3.05) is 19.5 Å². The summed E-state index contributed by atoms with van der Waals surface area (Å²) in [6, 6.07) is 10.2. The maximum atomic E-state index is 6.00. The average Bonchev–Trinajstić information content (AvgIpc) is 2.48. The number of aryl methyl sites for hydroxylation is 1. The molecule has 4 heteroatoms. The Kier molecular flexibility index (Phi) is 3.48. The molecular weight excluding hydrogens is 250 g/mol. The average molecular weight is 267 g/mol. The molecule has 0 atom stereocenters. The Morgan fingerprint density at radius 3 is 2.90 bits per heavy atom. The molecule has 0 spiro atoms. The summed E-state index contributed by atoms with van der Waals surface area (Å²) in [6.45, 7) is 0.761. The normalized spacial score (nSPS) is 11.2. The molecule has 0 amide bonds. The predicted octanol–water partition coefficient (Wildman–Crippen LogP) is 2.94. The lowest BCUT2D eigenvalue weighted by atomic mass is 10.1. The quantitative estimate of drug-likeness (QED) is 0.583. The summed E-state index contributed by atoms with van der Waals surface area (Å²) in [6.07, 6.45) is 3.82. The van der Waals surface area contributed by atoms with Crippen LogP contribution in [-0.4, -0.2) is 23.7 Å². The number of nitrogens with two attached hydrogens (primary N) is 1. The number of hydrogen-bond donors (Lipinski definition) is 1. The predicted molar refractivity (Wildman–Crippen MR) is 81.7 cm³/mol. The SMILES string of the molecule is COCCCc1cnc2c(N)nc3ccccc3c2c1. The zero-order valence-corrected chi connectivity index (χ0v) is 11.5. The van der Waals surface area contributed by atoms with E-state index in [1.807, 2.05) is 24.4 Å². The van der Waals surface area contributed by atoms with Gasteiger partial charge in [0.15, 0.2) is 5.82 Å². The van der Waals surface area contributed by atoms with Crippen LogP contribution < -0.4 is 5.73 Å². The first-order valence-electron chi connectivity index (χ1n) is 6.71. The molecule has 2 N–H and O–H groups in total. The van der Waals surface area contributed by atoms with Gasteiger partial charge in [-0.1, -0.05) is 18.2 Å². The first-order valence-corrected chi connectivity index (χ1v) is 6.71. The van der Waals surface area contributed by atoms with Crippen molar-refractivity contribution in [2.45, 2.75) is 12.8 Å². The van der Waals surface area contributed by atoms with Crippen LogP contribution >= 0.6 is 0 Å². The van der Waals surface area contributed by atoms with Gasteiger partial charge < -0.3 is 10.5 Å². The Hall–Kier alpha value is -2.20. The van der Waals surface area contributed by atoms with Crippen molar-refractivity contribution >= 4 is 27.6 Å². The molecule has 2 heterocycles. The van der Waals surface area contributed by atoms with E-state index >= 15 is 0 Å². The summed E-state index contributed by atoms with van der Waals surface area (Å²) in [4.78, 5) is 8.89. The van der Waals surface area contributed by atoms with Gasteiger partial charge in [-0.15, -0.1) is 0 Å². The van der Waals surface area contributed by atoms with E-state index in [-0.39, 0.29) is 0 Å². The highest BCUT2D eigenvalue weighted by atomic mass is 16.5. The third-order valence-corrected chi connectivity index (χ3v) is 3.44. The summed E-state index contributed by atoms with van der Waals surface area (Å²) < 4.78 is 5.09. The zero-order chi connectivity index (χ0) is 13.9. The topological polar surface area (TPSA) is 61.0 Å². The molecule has 0 unspecified atom stereocenters. The van der Waals surface area contributed by atoms with E-state index in [0.29, 0.717) is 5.82 Å². The Balaban J connectivity index is 2.13. The number of ether oxygens (including phenoxy) is 1. The minimum absolute atomic E-state index is 0.488. The fraction of sp³-hybridized carbons (Fsp3) is 0.250. The standard InChI is InChI=1S/C16H17N3O/c1-20-8-4-5-11-9-13-12-6-2-3-7-14(12)19-16(17)15(13)18-10-11/h2-3,6-7,9-10H,4-5,8H2,1H3,(H2,17,19). The van der Waals surface area contributed by atoms with Gasteiger partial charge in [0.2, 0.25) is 0 Å². The second kappa shape index (κ2) is 5.43. The second-order valence-electron chi connectivity index (χ2n) is 4.85. The Morgan fingerprint density at radius 1 is 1.20 bits per heavy atom. The van der Waals surface area contributed by atoms with Crippen LogP contribution in [0.3, 0.4) is 0 Å².